The lowest BCUT2D eigenvalue weighted by Gasteiger charge is -2.26. The molecule has 0 radical (unpaired) electrons. The highest BCUT2D eigenvalue weighted by atomic mass is 32.2. The molecule has 0 unspecified atom stereocenters. The van der Waals surface area contributed by atoms with Crippen molar-refractivity contribution in [1.29, 1.82) is 0 Å². The van der Waals surface area contributed by atoms with Gasteiger partial charge in [0.25, 0.3) is 0 Å². The maximum Gasteiger partial charge on any atom is 0.243 e. The molecule has 0 aliphatic carbocycles. The Balaban J connectivity index is 1.70. The molecule has 0 atom stereocenters. The molecule has 6 nitrogen and oxygen atoms in total. The van der Waals surface area contributed by atoms with E-state index in [2.05, 4.69) is 21.7 Å². The van der Waals surface area contributed by atoms with Gasteiger partial charge in [0.1, 0.15) is 0 Å². The van der Waals surface area contributed by atoms with E-state index in [0.717, 1.165) is 19.5 Å². The fraction of sp³-hybridized carbons (Fsp3) is 0.450. The minimum atomic E-state index is -3.57. The second-order valence-electron chi connectivity index (χ2n) is 6.95. The van der Waals surface area contributed by atoms with Crippen LogP contribution in [-0.2, 0) is 27.8 Å². The SMILES string of the molecule is CCN(CC)S(=O)(=O)c1cc(NC(=O)CN2CCc3sccc3C2)ccc1C. The standard InChI is InChI=1S/C20H27N3O3S2/c1-4-23(5-2)28(25,26)19-12-17(7-6-15(19)3)21-20(24)14-22-10-8-18-16(13-22)9-11-27-18/h6-7,9,11-12H,4-5,8,10,13-14H2,1-3H3,(H,21,24). The van der Waals surface area contributed by atoms with Gasteiger partial charge in [-0.2, -0.15) is 4.31 Å². The monoisotopic (exact) mass is 421 g/mol. The Morgan fingerprint density at radius 3 is 2.71 bits per heavy atom. The quantitative estimate of drug-likeness (QED) is 0.746. The maximum atomic E-state index is 12.9. The van der Waals surface area contributed by atoms with Gasteiger partial charge in [-0.3, -0.25) is 9.69 Å². The van der Waals surface area contributed by atoms with Gasteiger partial charge in [0, 0.05) is 36.7 Å². The van der Waals surface area contributed by atoms with Crippen LogP contribution in [-0.4, -0.2) is 49.7 Å². The third-order valence-corrected chi connectivity index (χ3v) is 8.26. The topological polar surface area (TPSA) is 69.7 Å². The molecule has 28 heavy (non-hydrogen) atoms. The molecule has 152 valence electrons. The molecule has 0 saturated heterocycles. The molecule has 3 rings (SSSR count). The van der Waals surface area contributed by atoms with Crippen molar-refractivity contribution in [3.63, 3.8) is 0 Å². The molecule has 1 aliphatic rings. The summed E-state index contributed by atoms with van der Waals surface area (Å²) in [4.78, 5) is 16.3. The lowest BCUT2D eigenvalue weighted by molar-refractivity contribution is -0.117. The zero-order chi connectivity index (χ0) is 20.3. The van der Waals surface area contributed by atoms with Gasteiger partial charge in [-0.1, -0.05) is 19.9 Å². The molecule has 1 N–H and O–H groups in total. The van der Waals surface area contributed by atoms with E-state index in [-0.39, 0.29) is 10.8 Å². The van der Waals surface area contributed by atoms with Gasteiger partial charge >= 0.3 is 0 Å². The second kappa shape index (κ2) is 8.73. The molecule has 1 aromatic carbocycles. The zero-order valence-corrected chi connectivity index (χ0v) is 18.2. The van der Waals surface area contributed by atoms with Crippen molar-refractivity contribution in [3.8, 4) is 0 Å². The van der Waals surface area contributed by atoms with Crippen molar-refractivity contribution in [2.45, 2.75) is 38.6 Å². The molecule has 0 spiro atoms. The number of hydrogen-bond donors (Lipinski definition) is 1. The number of carbonyl (C=O) groups excluding carboxylic acids is 1. The van der Waals surface area contributed by atoms with Gasteiger partial charge in [-0.05, 0) is 48.1 Å². The lowest BCUT2D eigenvalue weighted by Crippen LogP contribution is -2.36. The van der Waals surface area contributed by atoms with E-state index in [1.807, 2.05) is 13.8 Å². The molecule has 0 fully saturated rings. The number of nitrogens with zero attached hydrogens (tertiary/aromatic N) is 2. The van der Waals surface area contributed by atoms with E-state index in [1.165, 1.54) is 14.7 Å². The van der Waals surface area contributed by atoms with Gasteiger partial charge in [0.05, 0.1) is 11.4 Å². The number of anilines is 1. The van der Waals surface area contributed by atoms with Gasteiger partial charge in [0.2, 0.25) is 15.9 Å². The third kappa shape index (κ3) is 4.46. The Morgan fingerprint density at radius 2 is 2.00 bits per heavy atom. The normalized spacial score (nSPS) is 14.9. The van der Waals surface area contributed by atoms with Crippen molar-refractivity contribution >= 4 is 33.0 Å². The van der Waals surface area contributed by atoms with Crippen LogP contribution in [0.5, 0.6) is 0 Å². The first kappa shape index (κ1) is 21.0. The Kier molecular flexibility index (Phi) is 6.54. The van der Waals surface area contributed by atoms with Gasteiger partial charge in [-0.15, -0.1) is 11.3 Å². The summed E-state index contributed by atoms with van der Waals surface area (Å²) in [5.74, 6) is -0.131. The third-order valence-electron chi connectivity index (χ3n) is 5.05. The molecule has 0 saturated carbocycles. The summed E-state index contributed by atoms with van der Waals surface area (Å²) < 4.78 is 27.2. The van der Waals surface area contributed by atoms with Gasteiger partial charge in [-0.25, -0.2) is 8.42 Å². The van der Waals surface area contributed by atoms with Crippen molar-refractivity contribution in [2.24, 2.45) is 0 Å². The largest absolute Gasteiger partial charge is 0.325 e. The highest BCUT2D eigenvalue weighted by Crippen LogP contribution is 2.25. The van der Waals surface area contributed by atoms with E-state index in [1.54, 1.807) is 36.5 Å². The van der Waals surface area contributed by atoms with E-state index < -0.39 is 10.0 Å². The molecule has 8 heteroatoms. The number of rotatable bonds is 7. The number of sulfonamides is 1. The average molecular weight is 422 g/mol. The molecule has 1 aromatic heterocycles. The fourth-order valence-electron chi connectivity index (χ4n) is 3.50. The summed E-state index contributed by atoms with van der Waals surface area (Å²) in [5, 5.41) is 4.96. The zero-order valence-electron chi connectivity index (χ0n) is 16.6. The number of thiophene rings is 1. The van der Waals surface area contributed by atoms with Crippen LogP contribution in [0, 0.1) is 6.92 Å². The summed E-state index contributed by atoms with van der Waals surface area (Å²) in [7, 11) is -3.57. The Morgan fingerprint density at radius 1 is 1.25 bits per heavy atom. The first-order valence-corrected chi connectivity index (χ1v) is 11.8. The van der Waals surface area contributed by atoms with E-state index in [0.29, 0.717) is 30.9 Å². The Hall–Kier alpha value is -1.74. The average Bonchev–Trinajstić information content (AvgIpc) is 3.11. The van der Waals surface area contributed by atoms with Crippen molar-refractivity contribution in [3.05, 3.63) is 45.6 Å². The minimum absolute atomic E-state index is 0.131. The number of amides is 1. The second-order valence-corrected chi connectivity index (χ2v) is 9.85. The predicted molar refractivity (Wildman–Crippen MR) is 113 cm³/mol. The summed E-state index contributed by atoms with van der Waals surface area (Å²) >= 11 is 1.77. The first-order valence-electron chi connectivity index (χ1n) is 9.53. The number of aryl methyl sites for hydroxylation is 1. The van der Waals surface area contributed by atoms with Crippen LogP contribution in [0.3, 0.4) is 0 Å². The molecule has 1 aliphatic heterocycles. The number of nitrogens with one attached hydrogen (secondary N) is 1. The van der Waals surface area contributed by atoms with Crippen LogP contribution in [0.2, 0.25) is 0 Å². The van der Waals surface area contributed by atoms with E-state index >= 15 is 0 Å². The summed E-state index contributed by atoms with van der Waals surface area (Å²) in [6.45, 7) is 8.16. The molecular weight excluding hydrogens is 394 g/mol. The highest BCUT2D eigenvalue weighted by Gasteiger charge is 2.24. The van der Waals surface area contributed by atoms with Crippen molar-refractivity contribution in [1.82, 2.24) is 9.21 Å². The van der Waals surface area contributed by atoms with Crippen LogP contribution < -0.4 is 5.32 Å². The number of hydrogen-bond acceptors (Lipinski definition) is 5. The van der Waals surface area contributed by atoms with Crippen LogP contribution in [0.25, 0.3) is 0 Å². The van der Waals surface area contributed by atoms with Crippen LogP contribution >= 0.6 is 11.3 Å². The van der Waals surface area contributed by atoms with Crippen LogP contribution in [0.4, 0.5) is 5.69 Å². The van der Waals surface area contributed by atoms with Crippen LogP contribution in [0.1, 0.15) is 29.9 Å². The van der Waals surface area contributed by atoms with Gasteiger partial charge in [0.15, 0.2) is 0 Å². The fourth-order valence-corrected chi connectivity index (χ4v) is 6.10. The Labute approximate surface area is 171 Å². The smallest absolute Gasteiger partial charge is 0.243 e. The maximum absolute atomic E-state index is 12.9. The minimum Gasteiger partial charge on any atom is -0.325 e. The van der Waals surface area contributed by atoms with Crippen molar-refractivity contribution < 1.29 is 13.2 Å². The molecular formula is C20H27N3O3S2. The van der Waals surface area contributed by atoms with Crippen molar-refractivity contribution in [2.75, 3.05) is 31.5 Å². The predicted octanol–water partition coefficient (Wildman–Crippen LogP) is 3.08. The number of fused-ring (bicyclic) bond motifs is 1. The van der Waals surface area contributed by atoms with E-state index in [4.69, 9.17) is 0 Å². The lowest BCUT2D eigenvalue weighted by atomic mass is 10.1. The number of carbonyl (C=O) groups is 1. The van der Waals surface area contributed by atoms with E-state index in [9.17, 15) is 13.2 Å². The Bertz CT molecular complexity index is 949. The molecule has 2 heterocycles. The van der Waals surface area contributed by atoms with Crippen LogP contribution in [0.15, 0.2) is 34.5 Å². The summed E-state index contributed by atoms with van der Waals surface area (Å²) in [6.07, 6.45) is 0.969. The molecule has 0 bridgehead atoms. The summed E-state index contributed by atoms with van der Waals surface area (Å²) in [5.41, 5.74) is 2.48. The highest BCUT2D eigenvalue weighted by molar-refractivity contribution is 7.89. The van der Waals surface area contributed by atoms with Gasteiger partial charge < -0.3 is 5.32 Å². The molecule has 1 amide bonds. The number of benzene rings is 1. The molecule has 2 aromatic rings. The first-order chi connectivity index (χ1) is 13.3. The summed E-state index contributed by atoms with van der Waals surface area (Å²) in [6, 6.07) is 7.18.